The summed E-state index contributed by atoms with van der Waals surface area (Å²) in [6.07, 6.45) is 0.949. The first-order valence-corrected chi connectivity index (χ1v) is 4.61. The van der Waals surface area contributed by atoms with Gasteiger partial charge in [-0.2, -0.15) is 0 Å². The second kappa shape index (κ2) is 4.38. The highest BCUT2D eigenvalue weighted by Crippen LogP contribution is 2.20. The molecule has 0 amide bonds. The zero-order valence-corrected chi connectivity index (χ0v) is 8.18. The third kappa shape index (κ3) is 2.52. The van der Waals surface area contributed by atoms with E-state index in [1.165, 1.54) is 11.6 Å². The van der Waals surface area contributed by atoms with Crippen LogP contribution in [0.5, 0.6) is 0 Å². The third-order valence-electron chi connectivity index (χ3n) is 2.35. The fraction of sp³-hybridized carbons (Fsp3) is 0.455. The van der Waals surface area contributed by atoms with Crippen molar-refractivity contribution in [3.05, 3.63) is 35.1 Å². The summed E-state index contributed by atoms with van der Waals surface area (Å²) < 4.78 is 12.9. The number of benzene rings is 1. The van der Waals surface area contributed by atoms with Crippen molar-refractivity contribution in [3.63, 3.8) is 0 Å². The molecular weight excluding hydrogens is 165 g/mol. The zero-order valence-electron chi connectivity index (χ0n) is 8.18. The first-order valence-electron chi connectivity index (χ1n) is 4.61. The maximum atomic E-state index is 12.9. The second-order valence-electron chi connectivity index (χ2n) is 3.49. The second-order valence-corrected chi connectivity index (χ2v) is 3.49. The quantitative estimate of drug-likeness (QED) is 0.762. The van der Waals surface area contributed by atoms with Crippen LogP contribution >= 0.6 is 0 Å². The lowest BCUT2D eigenvalue weighted by Crippen LogP contribution is -2.04. The molecule has 1 unspecified atom stereocenters. The Morgan fingerprint density at radius 1 is 1.46 bits per heavy atom. The van der Waals surface area contributed by atoms with Crippen molar-refractivity contribution in [1.29, 1.82) is 0 Å². The summed E-state index contributed by atoms with van der Waals surface area (Å²) in [5.41, 5.74) is 7.34. The summed E-state index contributed by atoms with van der Waals surface area (Å²) >= 11 is 0. The van der Waals surface area contributed by atoms with Crippen molar-refractivity contribution in [3.8, 4) is 0 Å². The minimum absolute atomic E-state index is 0.135. The first-order chi connectivity index (χ1) is 6.15. The van der Waals surface area contributed by atoms with Gasteiger partial charge in [-0.15, -0.1) is 0 Å². The lowest BCUT2D eigenvalue weighted by atomic mass is 9.96. The van der Waals surface area contributed by atoms with Crippen LogP contribution in [0.25, 0.3) is 0 Å². The Kier molecular flexibility index (Phi) is 3.43. The molecule has 0 saturated carbocycles. The molecule has 0 saturated heterocycles. The molecule has 2 heteroatoms. The fourth-order valence-electron chi connectivity index (χ4n) is 1.39. The van der Waals surface area contributed by atoms with Crippen molar-refractivity contribution in [1.82, 2.24) is 0 Å². The number of halogens is 1. The van der Waals surface area contributed by atoms with Gasteiger partial charge in [0.05, 0.1) is 0 Å². The van der Waals surface area contributed by atoms with E-state index in [2.05, 4.69) is 6.92 Å². The predicted octanol–water partition coefficient (Wildman–Crippen LogP) is 2.59. The maximum Gasteiger partial charge on any atom is 0.126 e. The summed E-state index contributed by atoms with van der Waals surface area (Å²) in [6, 6.07) is 5.26. The van der Waals surface area contributed by atoms with Gasteiger partial charge in [-0.1, -0.05) is 19.1 Å². The standard InChI is InChI=1S/C11H16FN/c1-8(5-6-13)10-3-4-11(12)9(2)7-10/h3-4,7-8H,5-6,13H2,1-2H3. The lowest BCUT2D eigenvalue weighted by molar-refractivity contribution is 0.614. The van der Waals surface area contributed by atoms with Crippen LogP contribution in [0.1, 0.15) is 30.4 Å². The van der Waals surface area contributed by atoms with Gasteiger partial charge in [-0.3, -0.25) is 0 Å². The highest BCUT2D eigenvalue weighted by Gasteiger charge is 2.05. The molecule has 0 fully saturated rings. The van der Waals surface area contributed by atoms with Crippen molar-refractivity contribution in [2.24, 2.45) is 5.73 Å². The van der Waals surface area contributed by atoms with Gasteiger partial charge in [0, 0.05) is 0 Å². The summed E-state index contributed by atoms with van der Waals surface area (Å²) in [4.78, 5) is 0. The molecule has 1 aromatic rings. The Balaban J connectivity index is 2.84. The van der Waals surface area contributed by atoms with Gasteiger partial charge in [0.2, 0.25) is 0 Å². The van der Waals surface area contributed by atoms with Gasteiger partial charge in [-0.05, 0) is 43.0 Å². The number of hydrogen-bond acceptors (Lipinski definition) is 1. The van der Waals surface area contributed by atoms with Gasteiger partial charge in [0.15, 0.2) is 0 Å². The normalized spacial score (nSPS) is 12.9. The third-order valence-corrected chi connectivity index (χ3v) is 2.35. The van der Waals surface area contributed by atoms with Crippen LogP contribution in [0.2, 0.25) is 0 Å². The molecular formula is C11H16FN. The molecule has 1 atom stereocenters. The van der Waals surface area contributed by atoms with E-state index >= 15 is 0 Å². The van der Waals surface area contributed by atoms with Gasteiger partial charge in [0.25, 0.3) is 0 Å². The predicted molar refractivity (Wildman–Crippen MR) is 53.2 cm³/mol. The molecule has 0 bridgehead atoms. The fourth-order valence-corrected chi connectivity index (χ4v) is 1.39. The maximum absolute atomic E-state index is 12.9. The van der Waals surface area contributed by atoms with Gasteiger partial charge >= 0.3 is 0 Å². The van der Waals surface area contributed by atoms with E-state index in [4.69, 9.17) is 5.73 Å². The summed E-state index contributed by atoms with van der Waals surface area (Å²) in [5, 5.41) is 0. The Morgan fingerprint density at radius 3 is 2.69 bits per heavy atom. The van der Waals surface area contributed by atoms with Crippen LogP contribution in [0.3, 0.4) is 0 Å². The van der Waals surface area contributed by atoms with Gasteiger partial charge in [0.1, 0.15) is 5.82 Å². The highest BCUT2D eigenvalue weighted by atomic mass is 19.1. The smallest absolute Gasteiger partial charge is 0.126 e. The molecule has 13 heavy (non-hydrogen) atoms. The molecule has 0 aliphatic carbocycles. The van der Waals surface area contributed by atoms with E-state index in [9.17, 15) is 4.39 Å². The molecule has 2 N–H and O–H groups in total. The van der Waals surface area contributed by atoms with E-state index in [-0.39, 0.29) is 5.82 Å². The zero-order chi connectivity index (χ0) is 9.84. The lowest BCUT2D eigenvalue weighted by Gasteiger charge is -2.11. The molecule has 72 valence electrons. The minimum Gasteiger partial charge on any atom is -0.330 e. The van der Waals surface area contributed by atoms with Crippen molar-refractivity contribution in [2.45, 2.75) is 26.2 Å². The van der Waals surface area contributed by atoms with Crippen LogP contribution in [-0.4, -0.2) is 6.54 Å². The average Bonchev–Trinajstić information content (AvgIpc) is 2.10. The molecule has 0 radical (unpaired) electrons. The van der Waals surface area contributed by atoms with E-state index in [1.807, 2.05) is 12.1 Å². The van der Waals surface area contributed by atoms with Gasteiger partial charge in [-0.25, -0.2) is 4.39 Å². The van der Waals surface area contributed by atoms with Crippen LogP contribution < -0.4 is 5.73 Å². The average molecular weight is 181 g/mol. The Morgan fingerprint density at radius 2 is 2.15 bits per heavy atom. The molecule has 0 heterocycles. The Hall–Kier alpha value is -0.890. The Labute approximate surface area is 78.8 Å². The Bertz CT molecular complexity index is 283. The van der Waals surface area contributed by atoms with Crippen LogP contribution in [0.4, 0.5) is 4.39 Å². The first kappa shape index (κ1) is 10.2. The molecule has 1 rings (SSSR count). The van der Waals surface area contributed by atoms with Crippen molar-refractivity contribution in [2.75, 3.05) is 6.54 Å². The molecule has 0 spiro atoms. The summed E-state index contributed by atoms with van der Waals surface area (Å²) in [5.74, 6) is 0.285. The largest absolute Gasteiger partial charge is 0.330 e. The van der Waals surface area contributed by atoms with Crippen molar-refractivity contribution < 1.29 is 4.39 Å². The molecule has 0 aliphatic rings. The highest BCUT2D eigenvalue weighted by molar-refractivity contribution is 5.26. The molecule has 1 aromatic carbocycles. The number of nitrogens with two attached hydrogens (primary N) is 1. The molecule has 1 nitrogen and oxygen atoms in total. The molecule has 0 aromatic heterocycles. The monoisotopic (exact) mass is 181 g/mol. The minimum atomic E-state index is -0.135. The van der Waals surface area contributed by atoms with E-state index in [1.54, 1.807) is 6.92 Å². The van der Waals surface area contributed by atoms with Crippen LogP contribution in [0.15, 0.2) is 18.2 Å². The summed E-state index contributed by atoms with van der Waals surface area (Å²) in [6.45, 7) is 4.57. The number of hydrogen-bond donors (Lipinski definition) is 1. The summed E-state index contributed by atoms with van der Waals surface area (Å²) in [7, 11) is 0. The van der Waals surface area contributed by atoms with Crippen LogP contribution in [-0.2, 0) is 0 Å². The van der Waals surface area contributed by atoms with E-state index in [0.717, 1.165) is 6.42 Å². The van der Waals surface area contributed by atoms with Gasteiger partial charge < -0.3 is 5.73 Å². The number of rotatable bonds is 3. The molecule has 0 aliphatic heterocycles. The van der Waals surface area contributed by atoms with E-state index < -0.39 is 0 Å². The number of aryl methyl sites for hydroxylation is 1. The van der Waals surface area contributed by atoms with Crippen LogP contribution in [0, 0.1) is 12.7 Å². The van der Waals surface area contributed by atoms with Crippen molar-refractivity contribution >= 4 is 0 Å². The van der Waals surface area contributed by atoms with E-state index in [0.29, 0.717) is 18.0 Å². The SMILES string of the molecule is Cc1cc(C(C)CCN)ccc1F. The topological polar surface area (TPSA) is 26.0 Å².